The van der Waals surface area contributed by atoms with Crippen LogP contribution in [0.4, 0.5) is 5.69 Å². The van der Waals surface area contributed by atoms with Crippen LogP contribution in [0.1, 0.15) is 18.4 Å². The van der Waals surface area contributed by atoms with Gasteiger partial charge in [0, 0.05) is 16.8 Å². The summed E-state index contributed by atoms with van der Waals surface area (Å²) in [6.07, 6.45) is 2.12. The lowest BCUT2D eigenvalue weighted by atomic mass is 10.1. The normalized spacial score (nSPS) is 13.7. The summed E-state index contributed by atoms with van der Waals surface area (Å²) < 4.78 is 14.7. The Kier molecular flexibility index (Phi) is 7.79. The van der Waals surface area contributed by atoms with Crippen molar-refractivity contribution in [2.75, 3.05) is 15.8 Å². The van der Waals surface area contributed by atoms with Crippen LogP contribution in [0.5, 0.6) is 0 Å². The third-order valence-electron chi connectivity index (χ3n) is 2.64. The smallest absolute Gasteiger partial charge is 0.320 e. The Bertz CT molecular complexity index is 471. The molecule has 7 heteroatoms. The van der Waals surface area contributed by atoms with E-state index in [-0.39, 0.29) is 6.42 Å². The molecule has 0 spiro atoms. The maximum Gasteiger partial charge on any atom is 0.320 e. The summed E-state index contributed by atoms with van der Waals surface area (Å²) in [6, 6.07) is 6.27. The molecule has 0 heterocycles. The second-order valence-corrected chi connectivity index (χ2v) is 6.49. The van der Waals surface area contributed by atoms with E-state index in [0.29, 0.717) is 5.75 Å². The fourth-order valence-corrected chi connectivity index (χ4v) is 2.97. The monoisotopic (exact) mass is 362 g/mol. The van der Waals surface area contributed by atoms with Gasteiger partial charge in [0.25, 0.3) is 0 Å². The first-order valence-corrected chi connectivity index (χ1v) is 8.75. The maximum atomic E-state index is 11.8. The Hall–Kier alpha value is -0.920. The molecule has 0 saturated carbocycles. The predicted molar refractivity (Wildman–Crippen MR) is 85.4 cm³/mol. The summed E-state index contributed by atoms with van der Waals surface area (Å²) in [5, 5.41) is 9.69. The molecule has 0 aliphatic rings. The minimum absolute atomic E-state index is 0.251. The first-order valence-electron chi connectivity index (χ1n) is 6.31. The van der Waals surface area contributed by atoms with Crippen LogP contribution in [0, 0.1) is 0 Å². The number of rotatable bonds is 9. The third-order valence-corrected chi connectivity index (χ3v) is 4.33. The second kappa shape index (κ2) is 9.10. The van der Waals surface area contributed by atoms with Crippen molar-refractivity contribution in [3.05, 3.63) is 29.8 Å². The molecule has 20 heavy (non-hydrogen) atoms. The Morgan fingerprint density at radius 3 is 2.85 bits per heavy atom. The highest BCUT2D eigenvalue weighted by Gasteiger charge is 2.12. The number of carboxylic acid groups (broad SMARTS) is 1. The number of hydrogen-bond donors (Lipinski definition) is 3. The number of nitrogens with two attached hydrogens (primary N) is 1. The van der Waals surface area contributed by atoms with Gasteiger partial charge in [-0.1, -0.05) is 28.1 Å². The SMILES string of the molecule is N[C@@H](Cc1cccc(NS(=O)CCCCBr)c1)C(=O)O. The number of unbranched alkanes of at least 4 members (excludes halogenated alkanes) is 1. The van der Waals surface area contributed by atoms with Gasteiger partial charge in [0.15, 0.2) is 0 Å². The Balaban J connectivity index is 2.55. The third kappa shape index (κ3) is 6.49. The molecule has 2 atom stereocenters. The van der Waals surface area contributed by atoms with E-state index in [2.05, 4.69) is 20.7 Å². The van der Waals surface area contributed by atoms with E-state index >= 15 is 0 Å². The molecule has 0 bridgehead atoms. The lowest BCUT2D eigenvalue weighted by molar-refractivity contribution is -0.138. The van der Waals surface area contributed by atoms with Crippen molar-refractivity contribution in [2.24, 2.45) is 5.73 Å². The number of halogens is 1. The molecule has 5 nitrogen and oxygen atoms in total. The Morgan fingerprint density at radius 1 is 1.45 bits per heavy atom. The number of nitrogens with one attached hydrogen (secondary N) is 1. The summed E-state index contributed by atoms with van der Waals surface area (Å²) in [4.78, 5) is 10.7. The minimum atomic E-state index is -1.12. The summed E-state index contributed by atoms with van der Waals surface area (Å²) >= 11 is 3.33. The number of alkyl halides is 1. The van der Waals surface area contributed by atoms with E-state index < -0.39 is 23.0 Å². The molecule has 0 saturated heterocycles. The van der Waals surface area contributed by atoms with Crippen molar-refractivity contribution in [1.82, 2.24) is 0 Å². The van der Waals surface area contributed by atoms with Crippen LogP contribution in [0.25, 0.3) is 0 Å². The first kappa shape index (κ1) is 17.1. The topological polar surface area (TPSA) is 92.4 Å². The zero-order chi connectivity index (χ0) is 15.0. The second-order valence-electron chi connectivity index (χ2n) is 4.40. The zero-order valence-corrected chi connectivity index (χ0v) is 13.5. The van der Waals surface area contributed by atoms with Crippen LogP contribution in [-0.4, -0.2) is 32.4 Å². The average molecular weight is 363 g/mol. The molecule has 1 aromatic carbocycles. The Morgan fingerprint density at radius 2 is 2.20 bits per heavy atom. The van der Waals surface area contributed by atoms with Gasteiger partial charge in [0.2, 0.25) is 0 Å². The minimum Gasteiger partial charge on any atom is -0.480 e. The fourth-order valence-electron chi connectivity index (χ4n) is 1.61. The Labute approximate surface area is 129 Å². The van der Waals surface area contributed by atoms with Gasteiger partial charge < -0.3 is 15.6 Å². The number of carbonyl (C=O) groups is 1. The number of aliphatic carboxylic acids is 1. The summed E-state index contributed by atoms with van der Waals surface area (Å²) in [5.74, 6) is -0.438. The zero-order valence-electron chi connectivity index (χ0n) is 11.0. The molecule has 4 N–H and O–H groups in total. The lowest BCUT2D eigenvalue weighted by Gasteiger charge is -2.10. The van der Waals surface area contributed by atoms with Gasteiger partial charge in [-0.3, -0.25) is 4.79 Å². The van der Waals surface area contributed by atoms with Crippen molar-refractivity contribution in [2.45, 2.75) is 25.3 Å². The van der Waals surface area contributed by atoms with Crippen molar-refractivity contribution >= 4 is 38.6 Å². The molecule has 1 unspecified atom stereocenters. The molecular weight excluding hydrogens is 344 g/mol. The molecule has 1 aromatic rings. The highest BCUT2D eigenvalue weighted by atomic mass is 79.9. The van der Waals surface area contributed by atoms with Gasteiger partial charge in [-0.05, 0) is 37.0 Å². The molecule has 1 rings (SSSR count). The largest absolute Gasteiger partial charge is 0.480 e. The quantitative estimate of drug-likeness (QED) is 0.462. The van der Waals surface area contributed by atoms with Crippen LogP contribution < -0.4 is 10.5 Å². The van der Waals surface area contributed by atoms with Crippen molar-refractivity contribution in [3.63, 3.8) is 0 Å². The maximum absolute atomic E-state index is 11.8. The fraction of sp³-hybridized carbons (Fsp3) is 0.462. The van der Waals surface area contributed by atoms with Crippen molar-refractivity contribution < 1.29 is 14.1 Å². The standard InChI is InChI=1S/C13H19BrN2O3S/c14-6-1-2-7-20(19)16-11-5-3-4-10(8-11)9-12(15)13(17)18/h3-5,8,12,16H,1-2,6-7,9,15H2,(H,17,18)/t12-,20?/m0/s1. The molecule has 0 aliphatic heterocycles. The van der Waals surface area contributed by atoms with E-state index in [1.165, 1.54) is 0 Å². The molecule has 0 aromatic heterocycles. The lowest BCUT2D eigenvalue weighted by Crippen LogP contribution is -2.32. The van der Waals surface area contributed by atoms with Crippen LogP contribution in [-0.2, 0) is 22.2 Å². The van der Waals surface area contributed by atoms with Gasteiger partial charge in [-0.25, -0.2) is 4.21 Å². The average Bonchev–Trinajstić information content (AvgIpc) is 2.39. The van der Waals surface area contributed by atoms with Gasteiger partial charge in [0.1, 0.15) is 17.0 Å². The number of anilines is 1. The van der Waals surface area contributed by atoms with Gasteiger partial charge in [-0.15, -0.1) is 0 Å². The number of benzene rings is 1. The van der Waals surface area contributed by atoms with Gasteiger partial charge in [-0.2, -0.15) is 0 Å². The molecular formula is C13H19BrN2O3S. The number of carboxylic acids is 1. The van der Waals surface area contributed by atoms with Gasteiger partial charge in [0.05, 0.1) is 0 Å². The van der Waals surface area contributed by atoms with E-state index in [9.17, 15) is 9.00 Å². The predicted octanol–water partition coefficient (Wildman–Crippen LogP) is 1.89. The highest BCUT2D eigenvalue weighted by Crippen LogP contribution is 2.13. The highest BCUT2D eigenvalue weighted by molar-refractivity contribution is 9.09. The first-order chi connectivity index (χ1) is 9.52. The van der Waals surface area contributed by atoms with E-state index in [0.717, 1.165) is 29.4 Å². The van der Waals surface area contributed by atoms with Crippen molar-refractivity contribution in [3.8, 4) is 0 Å². The summed E-state index contributed by atoms with van der Waals surface area (Å²) in [7, 11) is -1.12. The van der Waals surface area contributed by atoms with Gasteiger partial charge >= 0.3 is 5.97 Å². The van der Waals surface area contributed by atoms with Crippen LogP contribution in [0.2, 0.25) is 0 Å². The number of hydrogen-bond acceptors (Lipinski definition) is 3. The molecule has 0 amide bonds. The van der Waals surface area contributed by atoms with E-state index in [4.69, 9.17) is 10.8 Å². The van der Waals surface area contributed by atoms with Crippen molar-refractivity contribution in [1.29, 1.82) is 0 Å². The molecule has 0 aliphatic carbocycles. The molecule has 112 valence electrons. The summed E-state index contributed by atoms with van der Waals surface area (Å²) in [5.41, 5.74) is 7.02. The van der Waals surface area contributed by atoms with Crippen LogP contribution in [0.3, 0.4) is 0 Å². The van der Waals surface area contributed by atoms with E-state index in [1.807, 2.05) is 6.07 Å². The summed E-state index contributed by atoms with van der Waals surface area (Å²) in [6.45, 7) is 0. The van der Waals surface area contributed by atoms with Crippen LogP contribution in [0.15, 0.2) is 24.3 Å². The van der Waals surface area contributed by atoms with E-state index in [1.54, 1.807) is 18.2 Å². The molecule has 0 fully saturated rings. The molecule has 0 radical (unpaired) electrons. The van der Waals surface area contributed by atoms with Crippen LogP contribution >= 0.6 is 15.9 Å².